The Morgan fingerprint density at radius 3 is 3.00 bits per heavy atom. The van der Waals surface area contributed by atoms with Crippen LogP contribution in [0, 0.1) is 0 Å². The molecule has 0 aliphatic heterocycles. The molecule has 0 saturated heterocycles. The molecule has 2 N–H and O–H groups in total. The van der Waals surface area contributed by atoms with Gasteiger partial charge in [-0.25, -0.2) is 4.98 Å². The second-order valence-corrected chi connectivity index (χ2v) is 1.87. The molecule has 0 aromatic carbocycles. The van der Waals surface area contributed by atoms with Crippen molar-refractivity contribution in [2.45, 2.75) is 0 Å². The van der Waals surface area contributed by atoms with Crippen molar-refractivity contribution in [3.63, 3.8) is 0 Å². The standard InChI is InChI=1S/C5H5N5.ClH/c6-4-1-2-7-5-3-8-9-10(4)5;/h1-3H,6H2;1H. The van der Waals surface area contributed by atoms with Gasteiger partial charge in [0, 0.05) is 6.20 Å². The zero-order valence-electron chi connectivity index (χ0n) is 5.51. The van der Waals surface area contributed by atoms with Gasteiger partial charge in [0.1, 0.15) is 5.82 Å². The van der Waals surface area contributed by atoms with Crippen molar-refractivity contribution in [1.29, 1.82) is 0 Å². The number of anilines is 1. The minimum Gasteiger partial charge on any atom is -0.383 e. The lowest BCUT2D eigenvalue weighted by molar-refractivity contribution is 0.856. The first-order valence-electron chi connectivity index (χ1n) is 2.79. The van der Waals surface area contributed by atoms with Gasteiger partial charge < -0.3 is 5.73 Å². The van der Waals surface area contributed by atoms with Crippen LogP contribution in [0.1, 0.15) is 0 Å². The van der Waals surface area contributed by atoms with Crippen molar-refractivity contribution >= 4 is 23.9 Å². The van der Waals surface area contributed by atoms with Gasteiger partial charge in [0.25, 0.3) is 0 Å². The molecule has 0 radical (unpaired) electrons. The van der Waals surface area contributed by atoms with E-state index in [1.807, 2.05) is 0 Å². The first-order valence-corrected chi connectivity index (χ1v) is 2.79. The van der Waals surface area contributed by atoms with Gasteiger partial charge in [0.15, 0.2) is 5.65 Å². The summed E-state index contributed by atoms with van der Waals surface area (Å²) in [5, 5.41) is 7.33. The van der Waals surface area contributed by atoms with Crippen LogP contribution in [0.4, 0.5) is 5.82 Å². The number of aromatic nitrogens is 4. The first kappa shape index (κ1) is 7.74. The minimum absolute atomic E-state index is 0. The van der Waals surface area contributed by atoms with Crippen LogP contribution in [0.15, 0.2) is 18.5 Å². The Morgan fingerprint density at radius 1 is 1.45 bits per heavy atom. The molecule has 0 bridgehead atoms. The lowest BCUT2D eigenvalue weighted by atomic mass is 10.6. The van der Waals surface area contributed by atoms with Crippen molar-refractivity contribution in [2.24, 2.45) is 0 Å². The number of hydrogen-bond donors (Lipinski definition) is 1. The largest absolute Gasteiger partial charge is 0.383 e. The van der Waals surface area contributed by atoms with E-state index in [-0.39, 0.29) is 12.4 Å². The van der Waals surface area contributed by atoms with Gasteiger partial charge in [-0.15, -0.1) is 17.5 Å². The summed E-state index contributed by atoms with van der Waals surface area (Å²) in [5.41, 5.74) is 6.19. The smallest absolute Gasteiger partial charge is 0.177 e. The Bertz CT molecular complexity index is 356. The summed E-state index contributed by atoms with van der Waals surface area (Å²) in [6.45, 7) is 0. The molecule has 0 aliphatic rings. The molecule has 5 nitrogen and oxygen atoms in total. The van der Waals surface area contributed by atoms with Crippen LogP contribution in [0.5, 0.6) is 0 Å². The monoisotopic (exact) mass is 171 g/mol. The van der Waals surface area contributed by atoms with Gasteiger partial charge in [0.2, 0.25) is 0 Å². The van der Waals surface area contributed by atoms with Gasteiger partial charge in [-0.2, -0.15) is 4.52 Å². The summed E-state index contributed by atoms with van der Waals surface area (Å²) in [5.74, 6) is 0.544. The fourth-order valence-corrected chi connectivity index (χ4v) is 0.762. The normalized spacial score (nSPS) is 9.45. The predicted octanol–water partition coefficient (Wildman–Crippen LogP) is 0.128. The van der Waals surface area contributed by atoms with E-state index in [4.69, 9.17) is 5.73 Å². The molecule has 2 heterocycles. The number of nitrogens with two attached hydrogens (primary N) is 1. The van der Waals surface area contributed by atoms with E-state index < -0.39 is 0 Å². The quantitative estimate of drug-likeness (QED) is 0.612. The zero-order valence-corrected chi connectivity index (χ0v) is 6.32. The van der Waals surface area contributed by atoms with Crippen molar-refractivity contribution in [3.8, 4) is 0 Å². The summed E-state index contributed by atoms with van der Waals surface area (Å²) in [4.78, 5) is 3.96. The van der Waals surface area contributed by atoms with Crippen LogP contribution >= 0.6 is 12.4 Å². The third kappa shape index (κ3) is 1.10. The lowest BCUT2D eigenvalue weighted by Crippen LogP contribution is -1.98. The van der Waals surface area contributed by atoms with E-state index in [1.54, 1.807) is 18.5 Å². The number of rotatable bonds is 0. The summed E-state index contributed by atoms with van der Waals surface area (Å²) in [6, 6.07) is 1.67. The molecule has 0 aliphatic carbocycles. The maximum absolute atomic E-state index is 5.52. The van der Waals surface area contributed by atoms with Crippen molar-refractivity contribution in [1.82, 2.24) is 19.8 Å². The van der Waals surface area contributed by atoms with Crippen LogP contribution in [0.2, 0.25) is 0 Å². The topological polar surface area (TPSA) is 69.1 Å². The van der Waals surface area contributed by atoms with Gasteiger partial charge in [-0.1, -0.05) is 5.21 Å². The number of nitrogens with zero attached hydrogens (tertiary/aromatic N) is 4. The number of nitrogen functional groups attached to an aromatic ring is 1. The number of halogens is 1. The SMILES string of the molecule is Cl.Nc1ccnc2cnnn12. The highest BCUT2D eigenvalue weighted by molar-refractivity contribution is 5.85. The Morgan fingerprint density at radius 2 is 2.27 bits per heavy atom. The van der Waals surface area contributed by atoms with E-state index in [0.29, 0.717) is 11.5 Å². The van der Waals surface area contributed by atoms with Gasteiger partial charge in [-0.3, -0.25) is 0 Å². The van der Waals surface area contributed by atoms with E-state index in [9.17, 15) is 0 Å². The Labute approximate surface area is 68.6 Å². The predicted molar refractivity (Wildman–Crippen MR) is 42.4 cm³/mol. The molecule has 0 fully saturated rings. The molecule has 2 aromatic rings. The highest BCUT2D eigenvalue weighted by Gasteiger charge is 1.95. The zero-order chi connectivity index (χ0) is 6.97. The number of fused-ring (bicyclic) bond motifs is 1. The summed E-state index contributed by atoms with van der Waals surface area (Å²) in [6.07, 6.45) is 3.17. The molecular formula is C5H6ClN5. The van der Waals surface area contributed by atoms with Crippen molar-refractivity contribution in [2.75, 3.05) is 5.73 Å². The molecule has 2 rings (SSSR count). The molecule has 0 atom stereocenters. The van der Waals surface area contributed by atoms with Crippen LogP contribution in [-0.2, 0) is 0 Å². The van der Waals surface area contributed by atoms with E-state index in [0.717, 1.165) is 0 Å². The fourth-order valence-electron chi connectivity index (χ4n) is 0.762. The molecule has 2 aromatic heterocycles. The Balaban J connectivity index is 0.000000605. The Hall–Kier alpha value is -1.36. The third-order valence-corrected chi connectivity index (χ3v) is 1.23. The van der Waals surface area contributed by atoms with Crippen molar-refractivity contribution in [3.05, 3.63) is 18.5 Å². The molecule has 0 unspecified atom stereocenters. The van der Waals surface area contributed by atoms with E-state index in [2.05, 4.69) is 15.3 Å². The maximum atomic E-state index is 5.52. The molecule has 0 amide bonds. The summed E-state index contributed by atoms with van der Waals surface area (Å²) < 4.78 is 1.47. The van der Waals surface area contributed by atoms with E-state index in [1.165, 1.54) is 4.52 Å². The second-order valence-electron chi connectivity index (χ2n) is 1.87. The van der Waals surface area contributed by atoms with Crippen LogP contribution in [-0.4, -0.2) is 19.8 Å². The van der Waals surface area contributed by atoms with Gasteiger partial charge in [0.05, 0.1) is 6.20 Å². The molecule has 0 saturated carbocycles. The molecule has 6 heteroatoms. The maximum Gasteiger partial charge on any atom is 0.177 e. The molecular weight excluding hydrogens is 166 g/mol. The fraction of sp³-hybridized carbons (Fsp3) is 0. The van der Waals surface area contributed by atoms with Gasteiger partial charge >= 0.3 is 0 Å². The highest BCUT2D eigenvalue weighted by Crippen LogP contribution is 2.00. The summed E-state index contributed by atoms with van der Waals surface area (Å²) in [7, 11) is 0. The first-order chi connectivity index (χ1) is 4.88. The Kier molecular flexibility index (Phi) is 1.91. The van der Waals surface area contributed by atoms with Gasteiger partial charge in [-0.05, 0) is 6.07 Å². The van der Waals surface area contributed by atoms with Crippen LogP contribution in [0.3, 0.4) is 0 Å². The van der Waals surface area contributed by atoms with Crippen molar-refractivity contribution < 1.29 is 0 Å². The third-order valence-electron chi connectivity index (χ3n) is 1.23. The second kappa shape index (κ2) is 2.71. The minimum atomic E-state index is 0. The molecule has 0 spiro atoms. The van der Waals surface area contributed by atoms with Crippen LogP contribution in [0.25, 0.3) is 5.65 Å². The molecule has 58 valence electrons. The van der Waals surface area contributed by atoms with Crippen LogP contribution < -0.4 is 5.73 Å². The average Bonchev–Trinajstić information content (AvgIpc) is 2.36. The lowest BCUT2D eigenvalue weighted by Gasteiger charge is -1.92. The highest BCUT2D eigenvalue weighted by atomic mass is 35.5. The number of hydrogen-bond acceptors (Lipinski definition) is 4. The molecule has 11 heavy (non-hydrogen) atoms. The average molecular weight is 172 g/mol. The summed E-state index contributed by atoms with van der Waals surface area (Å²) >= 11 is 0. The van der Waals surface area contributed by atoms with E-state index >= 15 is 0 Å².